The number of hydrogen-bond acceptors (Lipinski definition) is 5. The quantitative estimate of drug-likeness (QED) is 0.388. The van der Waals surface area contributed by atoms with Gasteiger partial charge < -0.3 is 15.7 Å². The van der Waals surface area contributed by atoms with Gasteiger partial charge in [-0.2, -0.15) is 0 Å². The Morgan fingerprint density at radius 2 is 1.78 bits per heavy atom. The highest BCUT2D eigenvalue weighted by molar-refractivity contribution is 5.84. The maximum Gasteiger partial charge on any atom is 0.405 e. The number of nitrogens with one attached hydrogen (secondary N) is 2. The molecule has 0 unspecified atom stereocenters. The van der Waals surface area contributed by atoms with Gasteiger partial charge in [0.05, 0.1) is 16.9 Å². The molecule has 1 saturated carbocycles. The largest absolute Gasteiger partial charge is 0.465 e. The molecule has 32 heavy (non-hydrogen) atoms. The zero-order valence-corrected chi connectivity index (χ0v) is 17.1. The maximum atomic E-state index is 11.3. The first-order chi connectivity index (χ1) is 15.6. The molecule has 8 heteroatoms. The molecule has 0 spiro atoms. The monoisotopic (exact) mass is 424 g/mol. The van der Waals surface area contributed by atoms with E-state index in [2.05, 4.69) is 25.8 Å². The SMILES string of the molecule is O=C(O)NC1(c2ccc(-c3nnc4n3-c3cccnc3Nc3ccccc3-4)cc2)CCC1. The highest BCUT2D eigenvalue weighted by Gasteiger charge is 2.40. The molecule has 4 aromatic rings. The van der Waals surface area contributed by atoms with Crippen molar-refractivity contribution in [3.05, 3.63) is 72.4 Å². The fourth-order valence-electron chi connectivity index (χ4n) is 4.62. The molecular formula is C24H20N6O2. The summed E-state index contributed by atoms with van der Waals surface area (Å²) in [5, 5.41) is 24.4. The van der Waals surface area contributed by atoms with Crippen molar-refractivity contribution in [2.24, 2.45) is 0 Å². The van der Waals surface area contributed by atoms with Crippen molar-refractivity contribution in [3.8, 4) is 28.5 Å². The first-order valence-electron chi connectivity index (χ1n) is 10.5. The summed E-state index contributed by atoms with van der Waals surface area (Å²) in [6, 6.07) is 19.8. The number of fused-ring (bicyclic) bond motifs is 5. The smallest absolute Gasteiger partial charge is 0.405 e. The minimum atomic E-state index is -0.994. The summed E-state index contributed by atoms with van der Waals surface area (Å²) in [6.45, 7) is 0. The van der Waals surface area contributed by atoms with Crippen LogP contribution in [0.1, 0.15) is 24.8 Å². The number of benzene rings is 2. The van der Waals surface area contributed by atoms with Crippen molar-refractivity contribution in [2.45, 2.75) is 24.8 Å². The van der Waals surface area contributed by atoms with Crippen LogP contribution in [0.15, 0.2) is 66.9 Å². The number of amides is 1. The van der Waals surface area contributed by atoms with Gasteiger partial charge in [-0.05, 0) is 49.1 Å². The van der Waals surface area contributed by atoms with E-state index >= 15 is 0 Å². The molecule has 0 bridgehead atoms. The number of carboxylic acid groups (broad SMARTS) is 1. The number of rotatable bonds is 3. The van der Waals surface area contributed by atoms with Crippen LogP contribution in [0.4, 0.5) is 16.3 Å². The van der Waals surface area contributed by atoms with Crippen molar-refractivity contribution >= 4 is 17.6 Å². The van der Waals surface area contributed by atoms with Gasteiger partial charge in [-0.3, -0.25) is 4.57 Å². The zero-order valence-electron chi connectivity index (χ0n) is 17.1. The molecule has 0 radical (unpaired) electrons. The van der Waals surface area contributed by atoms with Crippen molar-refractivity contribution < 1.29 is 9.90 Å². The summed E-state index contributed by atoms with van der Waals surface area (Å²) in [6.07, 6.45) is 3.38. The van der Waals surface area contributed by atoms with Crippen LogP contribution in [0.2, 0.25) is 0 Å². The molecule has 158 valence electrons. The third-order valence-electron chi connectivity index (χ3n) is 6.36. The Bertz CT molecular complexity index is 1340. The fourth-order valence-corrected chi connectivity index (χ4v) is 4.62. The first kappa shape index (κ1) is 18.6. The van der Waals surface area contributed by atoms with E-state index in [1.54, 1.807) is 6.20 Å². The van der Waals surface area contributed by atoms with E-state index < -0.39 is 11.6 Å². The molecular weight excluding hydrogens is 404 g/mol. The van der Waals surface area contributed by atoms with Gasteiger partial charge in [0.25, 0.3) is 0 Å². The molecule has 3 heterocycles. The number of pyridine rings is 1. The molecule has 2 aliphatic rings. The summed E-state index contributed by atoms with van der Waals surface area (Å²) in [5.74, 6) is 2.17. The topological polar surface area (TPSA) is 105 Å². The Hall–Kier alpha value is -4.20. The average Bonchev–Trinajstić information content (AvgIpc) is 3.16. The van der Waals surface area contributed by atoms with Gasteiger partial charge in [-0.15, -0.1) is 10.2 Å². The lowest BCUT2D eigenvalue weighted by molar-refractivity contribution is 0.144. The van der Waals surface area contributed by atoms with Gasteiger partial charge in [-0.25, -0.2) is 9.78 Å². The molecule has 1 aliphatic heterocycles. The van der Waals surface area contributed by atoms with Gasteiger partial charge in [0.1, 0.15) is 0 Å². The lowest BCUT2D eigenvalue weighted by Gasteiger charge is -2.42. The van der Waals surface area contributed by atoms with Gasteiger partial charge in [-0.1, -0.05) is 36.4 Å². The number of para-hydroxylation sites is 1. The Labute approximate surface area is 184 Å². The Kier molecular flexibility index (Phi) is 4.01. The molecule has 1 amide bonds. The van der Waals surface area contributed by atoms with Crippen molar-refractivity contribution in [1.82, 2.24) is 25.1 Å². The van der Waals surface area contributed by atoms with Gasteiger partial charge in [0.2, 0.25) is 0 Å². The van der Waals surface area contributed by atoms with Crippen LogP contribution >= 0.6 is 0 Å². The first-order valence-corrected chi connectivity index (χ1v) is 10.5. The summed E-state index contributed by atoms with van der Waals surface area (Å²) in [5.41, 5.74) is 4.11. The van der Waals surface area contributed by atoms with E-state index in [0.29, 0.717) is 5.82 Å². The van der Waals surface area contributed by atoms with Gasteiger partial charge in [0.15, 0.2) is 17.5 Å². The minimum absolute atomic E-state index is 0.495. The molecule has 3 N–H and O–H groups in total. The van der Waals surface area contributed by atoms with E-state index in [9.17, 15) is 9.90 Å². The molecule has 1 aliphatic carbocycles. The molecule has 2 aromatic heterocycles. The van der Waals surface area contributed by atoms with Gasteiger partial charge >= 0.3 is 6.09 Å². The van der Waals surface area contributed by atoms with E-state index in [0.717, 1.165) is 59.0 Å². The molecule has 8 nitrogen and oxygen atoms in total. The van der Waals surface area contributed by atoms with Crippen LogP contribution in [0.5, 0.6) is 0 Å². The third-order valence-corrected chi connectivity index (χ3v) is 6.36. The number of carbonyl (C=O) groups is 1. The normalized spacial score (nSPS) is 15.2. The van der Waals surface area contributed by atoms with Gasteiger partial charge in [0, 0.05) is 17.3 Å². The summed E-state index contributed by atoms with van der Waals surface area (Å²) < 4.78 is 2.02. The fraction of sp³-hybridized carbons (Fsp3) is 0.167. The highest BCUT2D eigenvalue weighted by atomic mass is 16.4. The number of aromatic nitrogens is 4. The lowest BCUT2D eigenvalue weighted by atomic mass is 9.72. The van der Waals surface area contributed by atoms with Crippen LogP contribution in [0, 0.1) is 0 Å². The van der Waals surface area contributed by atoms with E-state index in [1.807, 2.05) is 65.2 Å². The standard InChI is InChI=1S/C24H20N6O2/c31-23(32)27-24(12-4-13-24)16-10-8-15(9-11-16)21-28-29-22-17-5-1-2-6-18(17)26-20-19(30(21)22)7-3-14-25-20/h1-3,5-11,14,27H,4,12-13H2,(H,25,26)(H,31,32). The third kappa shape index (κ3) is 2.76. The predicted molar refractivity (Wildman–Crippen MR) is 120 cm³/mol. The van der Waals surface area contributed by atoms with Crippen molar-refractivity contribution in [1.29, 1.82) is 0 Å². The van der Waals surface area contributed by atoms with E-state index in [4.69, 9.17) is 0 Å². The lowest BCUT2D eigenvalue weighted by Crippen LogP contribution is -2.50. The molecule has 6 rings (SSSR count). The Morgan fingerprint density at radius 3 is 2.53 bits per heavy atom. The van der Waals surface area contributed by atoms with Crippen LogP contribution in [0.3, 0.4) is 0 Å². The Balaban J connectivity index is 1.48. The van der Waals surface area contributed by atoms with E-state index in [-0.39, 0.29) is 0 Å². The second-order valence-corrected chi connectivity index (χ2v) is 8.17. The second-order valence-electron chi connectivity index (χ2n) is 8.17. The highest BCUT2D eigenvalue weighted by Crippen LogP contribution is 2.42. The van der Waals surface area contributed by atoms with Crippen molar-refractivity contribution in [2.75, 3.05) is 5.32 Å². The molecule has 0 atom stereocenters. The summed E-state index contributed by atoms with van der Waals surface area (Å²) in [7, 11) is 0. The van der Waals surface area contributed by atoms with Crippen LogP contribution in [-0.4, -0.2) is 30.9 Å². The van der Waals surface area contributed by atoms with Crippen LogP contribution in [0.25, 0.3) is 28.5 Å². The minimum Gasteiger partial charge on any atom is -0.465 e. The average molecular weight is 424 g/mol. The van der Waals surface area contributed by atoms with Crippen molar-refractivity contribution in [3.63, 3.8) is 0 Å². The number of nitrogens with zero attached hydrogens (tertiary/aromatic N) is 4. The Morgan fingerprint density at radius 1 is 1.00 bits per heavy atom. The summed E-state index contributed by atoms with van der Waals surface area (Å²) in [4.78, 5) is 15.8. The van der Waals surface area contributed by atoms with E-state index in [1.165, 1.54) is 0 Å². The summed E-state index contributed by atoms with van der Waals surface area (Å²) >= 11 is 0. The molecule has 1 fully saturated rings. The zero-order chi connectivity index (χ0) is 21.7. The predicted octanol–water partition coefficient (Wildman–Crippen LogP) is 4.70. The molecule has 2 aromatic carbocycles. The number of hydrogen-bond donors (Lipinski definition) is 3. The second kappa shape index (κ2) is 6.91. The number of anilines is 2. The maximum absolute atomic E-state index is 11.3. The van der Waals surface area contributed by atoms with Crippen LogP contribution < -0.4 is 10.6 Å². The van der Waals surface area contributed by atoms with Crippen LogP contribution in [-0.2, 0) is 5.54 Å². The molecule has 0 saturated heterocycles.